The van der Waals surface area contributed by atoms with Gasteiger partial charge in [-0.15, -0.1) is 5.10 Å². The predicted molar refractivity (Wildman–Crippen MR) is 105 cm³/mol. The summed E-state index contributed by atoms with van der Waals surface area (Å²) in [7, 11) is 0. The van der Waals surface area contributed by atoms with E-state index in [9.17, 15) is 9.18 Å². The molecular formula is C19H15ClFN7O. The Morgan fingerprint density at radius 2 is 1.86 bits per heavy atom. The highest BCUT2D eigenvalue weighted by molar-refractivity contribution is 6.34. The molecule has 0 aliphatic rings. The number of tetrazole rings is 1. The van der Waals surface area contributed by atoms with Gasteiger partial charge in [0, 0.05) is 5.69 Å². The van der Waals surface area contributed by atoms with Crippen molar-refractivity contribution < 1.29 is 9.18 Å². The third-order valence-electron chi connectivity index (χ3n) is 4.29. The first-order valence-corrected chi connectivity index (χ1v) is 9.00. The molecule has 4 rings (SSSR count). The van der Waals surface area contributed by atoms with Gasteiger partial charge in [0.05, 0.1) is 11.4 Å². The van der Waals surface area contributed by atoms with Crippen LogP contribution in [0.2, 0.25) is 5.15 Å². The summed E-state index contributed by atoms with van der Waals surface area (Å²) < 4.78 is 17.0. The van der Waals surface area contributed by atoms with Gasteiger partial charge in [-0.3, -0.25) is 4.79 Å². The maximum atomic E-state index is 14.2. The Morgan fingerprint density at radius 3 is 2.55 bits per heavy atom. The molecule has 0 atom stereocenters. The Labute approximate surface area is 169 Å². The molecule has 2 aromatic heterocycles. The maximum Gasteiger partial charge on any atom is 0.260 e. The van der Waals surface area contributed by atoms with E-state index >= 15 is 0 Å². The number of anilines is 1. The molecule has 0 unspecified atom stereocenters. The number of hydrogen-bond acceptors (Lipinski definition) is 5. The first-order valence-electron chi connectivity index (χ1n) is 8.62. The Bertz CT molecular complexity index is 1200. The Kier molecular flexibility index (Phi) is 4.81. The van der Waals surface area contributed by atoms with Crippen molar-refractivity contribution in [3.8, 4) is 11.4 Å². The fraction of sp³-hybridized carbons (Fsp3) is 0.105. The molecule has 1 N–H and O–H groups in total. The van der Waals surface area contributed by atoms with Gasteiger partial charge in [-0.1, -0.05) is 29.8 Å². The van der Waals surface area contributed by atoms with Crippen LogP contribution in [0.5, 0.6) is 0 Å². The zero-order valence-corrected chi connectivity index (χ0v) is 16.2. The summed E-state index contributed by atoms with van der Waals surface area (Å²) in [5, 5.41) is 18.3. The van der Waals surface area contributed by atoms with Gasteiger partial charge in [0.2, 0.25) is 0 Å². The summed E-state index contributed by atoms with van der Waals surface area (Å²) in [6, 6.07) is 13.4. The zero-order chi connectivity index (χ0) is 20.5. The Morgan fingerprint density at radius 1 is 1.10 bits per heavy atom. The fourth-order valence-electron chi connectivity index (χ4n) is 2.90. The van der Waals surface area contributed by atoms with Crippen molar-refractivity contribution in [3.63, 3.8) is 0 Å². The van der Waals surface area contributed by atoms with Gasteiger partial charge in [0.1, 0.15) is 22.2 Å². The van der Waals surface area contributed by atoms with E-state index in [0.717, 1.165) is 5.69 Å². The normalized spacial score (nSPS) is 10.9. The van der Waals surface area contributed by atoms with Crippen molar-refractivity contribution in [3.05, 3.63) is 76.6 Å². The summed E-state index contributed by atoms with van der Waals surface area (Å²) in [5.74, 6) is -0.569. The molecular weight excluding hydrogens is 397 g/mol. The molecule has 0 aliphatic heterocycles. The van der Waals surface area contributed by atoms with Crippen molar-refractivity contribution in [2.75, 3.05) is 5.32 Å². The van der Waals surface area contributed by atoms with Gasteiger partial charge in [-0.05, 0) is 54.6 Å². The number of aromatic nitrogens is 6. The van der Waals surface area contributed by atoms with E-state index in [4.69, 9.17) is 11.6 Å². The summed E-state index contributed by atoms with van der Waals surface area (Å²) in [6.07, 6.45) is 0. The van der Waals surface area contributed by atoms with Crippen molar-refractivity contribution in [1.29, 1.82) is 0 Å². The van der Waals surface area contributed by atoms with Gasteiger partial charge in [0.25, 0.3) is 5.91 Å². The largest absolute Gasteiger partial charge is 0.322 e. The molecule has 10 heteroatoms. The Balaban J connectivity index is 1.66. The lowest BCUT2D eigenvalue weighted by Crippen LogP contribution is -2.14. The van der Waals surface area contributed by atoms with Crippen LogP contribution in [0.25, 0.3) is 11.4 Å². The van der Waals surface area contributed by atoms with Crippen LogP contribution in [-0.2, 0) is 0 Å². The highest BCUT2D eigenvalue weighted by Gasteiger charge is 2.22. The molecule has 146 valence electrons. The van der Waals surface area contributed by atoms with Crippen LogP contribution in [0.15, 0.2) is 48.5 Å². The predicted octanol–water partition coefficient (Wildman–Crippen LogP) is 3.51. The molecule has 29 heavy (non-hydrogen) atoms. The summed E-state index contributed by atoms with van der Waals surface area (Å²) in [6.45, 7) is 3.34. The van der Waals surface area contributed by atoms with Crippen LogP contribution in [-0.4, -0.2) is 35.9 Å². The van der Waals surface area contributed by atoms with Crippen molar-refractivity contribution in [2.24, 2.45) is 0 Å². The fourth-order valence-corrected chi connectivity index (χ4v) is 3.26. The first-order chi connectivity index (χ1) is 14.0. The molecule has 2 aromatic carbocycles. The van der Waals surface area contributed by atoms with Gasteiger partial charge >= 0.3 is 0 Å². The summed E-state index contributed by atoms with van der Waals surface area (Å²) in [4.78, 5) is 12.9. The standard InChI is InChI=1S/C19H15ClFN7O/c1-11-17(18(20)28(24-11)14-6-4-3-5-7-14)19(29)22-13-8-9-15(21)16(10-13)27-12(2)23-25-26-27/h3-10H,1-2H3,(H,22,29). The van der Waals surface area contributed by atoms with E-state index in [1.807, 2.05) is 30.3 Å². The van der Waals surface area contributed by atoms with Crippen LogP contribution < -0.4 is 5.32 Å². The molecule has 0 saturated heterocycles. The van der Waals surface area contributed by atoms with Gasteiger partial charge in [-0.25, -0.2) is 9.07 Å². The second-order valence-corrected chi connectivity index (χ2v) is 6.61. The molecule has 1 amide bonds. The van der Waals surface area contributed by atoms with Crippen LogP contribution >= 0.6 is 11.6 Å². The average molecular weight is 412 g/mol. The summed E-state index contributed by atoms with van der Waals surface area (Å²) in [5.41, 5.74) is 1.92. The minimum Gasteiger partial charge on any atom is -0.322 e. The minimum atomic E-state index is -0.524. The molecule has 4 aromatic rings. The lowest BCUT2D eigenvalue weighted by atomic mass is 10.2. The number of nitrogens with zero attached hydrogens (tertiary/aromatic N) is 6. The van der Waals surface area contributed by atoms with Crippen LogP contribution in [0.1, 0.15) is 21.9 Å². The average Bonchev–Trinajstić information content (AvgIpc) is 3.26. The quantitative estimate of drug-likeness (QED) is 0.555. The van der Waals surface area contributed by atoms with E-state index in [-0.39, 0.29) is 16.4 Å². The second kappa shape index (κ2) is 7.44. The Hall–Kier alpha value is -3.59. The third kappa shape index (κ3) is 3.47. The van der Waals surface area contributed by atoms with E-state index in [2.05, 4.69) is 25.9 Å². The highest BCUT2D eigenvalue weighted by atomic mass is 35.5. The monoisotopic (exact) mass is 411 g/mol. The molecule has 0 radical (unpaired) electrons. The van der Waals surface area contributed by atoms with Gasteiger partial charge in [-0.2, -0.15) is 9.78 Å². The number of rotatable bonds is 4. The molecule has 2 heterocycles. The molecule has 0 aliphatic carbocycles. The first kappa shape index (κ1) is 18.8. The molecule has 8 nitrogen and oxygen atoms in total. The van der Waals surface area contributed by atoms with E-state index in [0.29, 0.717) is 17.2 Å². The maximum absolute atomic E-state index is 14.2. The van der Waals surface area contributed by atoms with Crippen LogP contribution in [0, 0.1) is 19.7 Å². The molecule has 0 fully saturated rings. The number of carbonyl (C=O) groups is 1. The van der Waals surface area contributed by atoms with Gasteiger partial charge in [0.15, 0.2) is 5.82 Å². The molecule has 0 bridgehead atoms. The second-order valence-electron chi connectivity index (χ2n) is 6.26. The number of nitrogens with one attached hydrogen (secondary N) is 1. The number of halogens is 2. The number of aryl methyl sites for hydroxylation is 2. The number of carbonyl (C=O) groups excluding carboxylic acids is 1. The van der Waals surface area contributed by atoms with Crippen LogP contribution in [0.3, 0.4) is 0 Å². The lowest BCUT2D eigenvalue weighted by molar-refractivity contribution is 0.102. The van der Waals surface area contributed by atoms with Crippen molar-refractivity contribution >= 4 is 23.2 Å². The minimum absolute atomic E-state index is 0.119. The smallest absolute Gasteiger partial charge is 0.260 e. The SMILES string of the molecule is Cc1nn(-c2ccccc2)c(Cl)c1C(=O)Nc1ccc(F)c(-n2nnnc2C)c1. The number of para-hydroxylation sites is 1. The van der Waals surface area contributed by atoms with Gasteiger partial charge < -0.3 is 5.32 Å². The number of hydrogen-bond donors (Lipinski definition) is 1. The number of benzene rings is 2. The number of amides is 1. The zero-order valence-electron chi connectivity index (χ0n) is 15.5. The third-order valence-corrected chi connectivity index (χ3v) is 4.64. The van der Waals surface area contributed by atoms with Crippen molar-refractivity contribution in [1.82, 2.24) is 30.0 Å². The van der Waals surface area contributed by atoms with Crippen molar-refractivity contribution in [2.45, 2.75) is 13.8 Å². The molecule has 0 spiro atoms. The van der Waals surface area contributed by atoms with Crippen LogP contribution in [0.4, 0.5) is 10.1 Å². The summed E-state index contributed by atoms with van der Waals surface area (Å²) >= 11 is 6.43. The molecule has 0 saturated carbocycles. The topological polar surface area (TPSA) is 90.5 Å². The van der Waals surface area contributed by atoms with E-state index in [1.165, 1.54) is 27.6 Å². The van der Waals surface area contributed by atoms with E-state index < -0.39 is 11.7 Å². The van der Waals surface area contributed by atoms with E-state index in [1.54, 1.807) is 13.8 Å². The highest BCUT2D eigenvalue weighted by Crippen LogP contribution is 2.25. The lowest BCUT2D eigenvalue weighted by Gasteiger charge is -2.09.